The maximum absolute atomic E-state index is 12.1. The molecule has 1 heterocycles. The van der Waals surface area contributed by atoms with Crippen LogP contribution in [0.15, 0.2) is 39.7 Å². The average molecular weight is 351 g/mol. The van der Waals surface area contributed by atoms with E-state index in [1.807, 2.05) is 38.1 Å². The lowest BCUT2D eigenvalue weighted by Crippen LogP contribution is -2.24. The molecule has 0 aliphatic heterocycles. The van der Waals surface area contributed by atoms with E-state index in [9.17, 15) is 4.79 Å². The third-order valence-electron chi connectivity index (χ3n) is 3.23. The molecule has 0 amide bonds. The van der Waals surface area contributed by atoms with Crippen molar-refractivity contribution in [1.29, 1.82) is 0 Å². The Bertz CT molecular complexity index is 666. The van der Waals surface area contributed by atoms with Gasteiger partial charge in [0.15, 0.2) is 0 Å². The lowest BCUT2D eigenvalue weighted by Gasteiger charge is -2.17. The third kappa shape index (κ3) is 3.64. The second-order valence-corrected chi connectivity index (χ2v) is 5.73. The normalized spacial score (nSPS) is 12.1. The van der Waals surface area contributed by atoms with Crippen molar-refractivity contribution in [1.82, 2.24) is 9.78 Å². The van der Waals surface area contributed by atoms with Gasteiger partial charge in [-0.3, -0.25) is 4.79 Å². The first-order valence-corrected chi connectivity index (χ1v) is 7.69. The fourth-order valence-electron chi connectivity index (χ4n) is 2.04. The molecule has 0 saturated heterocycles. The molecule has 2 rings (SSSR count). The summed E-state index contributed by atoms with van der Waals surface area (Å²) in [5.41, 5.74) is 8.08. The molecular formula is C15H19BrN4O. The van der Waals surface area contributed by atoms with Crippen LogP contribution in [0, 0.1) is 0 Å². The predicted molar refractivity (Wildman–Crippen MR) is 89.4 cm³/mol. The highest BCUT2D eigenvalue weighted by Crippen LogP contribution is 2.23. The highest BCUT2D eigenvalue weighted by atomic mass is 79.9. The summed E-state index contributed by atoms with van der Waals surface area (Å²) in [6.07, 6.45) is 2.54. The standard InChI is InChI=1S/C15H19BrN4O/c1-3-8-20-15(21)14(16)13(9-18-20)19-10(2)11-4-6-12(17)7-5-11/h4-7,9-10,19H,3,8,17H2,1-2H3. The number of aryl methyl sites for hydroxylation is 1. The molecule has 1 aromatic carbocycles. The fourth-order valence-corrected chi connectivity index (χ4v) is 2.46. The first-order chi connectivity index (χ1) is 10.0. The van der Waals surface area contributed by atoms with Crippen LogP contribution < -0.4 is 16.6 Å². The molecule has 112 valence electrons. The smallest absolute Gasteiger partial charge is 0.283 e. The summed E-state index contributed by atoms with van der Waals surface area (Å²) in [5, 5.41) is 7.47. The van der Waals surface area contributed by atoms with E-state index in [2.05, 4.69) is 26.3 Å². The van der Waals surface area contributed by atoms with Crippen LogP contribution in [0.2, 0.25) is 0 Å². The molecule has 0 radical (unpaired) electrons. The number of aromatic nitrogens is 2. The summed E-state index contributed by atoms with van der Waals surface area (Å²) in [5.74, 6) is 0. The highest BCUT2D eigenvalue weighted by molar-refractivity contribution is 9.10. The average Bonchev–Trinajstić information content (AvgIpc) is 2.47. The minimum Gasteiger partial charge on any atom is -0.399 e. The molecule has 0 saturated carbocycles. The molecule has 0 spiro atoms. The number of hydrogen-bond acceptors (Lipinski definition) is 4. The van der Waals surface area contributed by atoms with E-state index >= 15 is 0 Å². The van der Waals surface area contributed by atoms with Crippen LogP contribution in [0.1, 0.15) is 31.9 Å². The van der Waals surface area contributed by atoms with Gasteiger partial charge < -0.3 is 11.1 Å². The summed E-state index contributed by atoms with van der Waals surface area (Å²) in [4.78, 5) is 12.1. The number of nitrogens with two attached hydrogens (primary N) is 1. The van der Waals surface area contributed by atoms with E-state index in [1.165, 1.54) is 4.68 Å². The van der Waals surface area contributed by atoms with Gasteiger partial charge in [0.2, 0.25) is 0 Å². The molecule has 0 aliphatic carbocycles. The number of halogens is 1. The van der Waals surface area contributed by atoms with Crippen LogP contribution in [0.4, 0.5) is 11.4 Å². The van der Waals surface area contributed by atoms with Crippen molar-refractivity contribution in [2.75, 3.05) is 11.1 Å². The number of rotatable bonds is 5. The number of nitrogens with one attached hydrogen (secondary N) is 1. The van der Waals surface area contributed by atoms with Crippen molar-refractivity contribution >= 4 is 27.3 Å². The minimum absolute atomic E-state index is 0.0464. The van der Waals surface area contributed by atoms with Crippen molar-refractivity contribution in [2.24, 2.45) is 0 Å². The maximum atomic E-state index is 12.1. The van der Waals surface area contributed by atoms with Crippen LogP contribution in [0.3, 0.4) is 0 Å². The number of nitrogen functional groups attached to an aromatic ring is 1. The fraction of sp³-hybridized carbons (Fsp3) is 0.333. The number of benzene rings is 1. The topological polar surface area (TPSA) is 72.9 Å². The Hall–Kier alpha value is -1.82. The Morgan fingerprint density at radius 3 is 2.67 bits per heavy atom. The molecule has 1 atom stereocenters. The molecule has 3 N–H and O–H groups in total. The molecule has 5 nitrogen and oxygen atoms in total. The molecule has 1 aromatic heterocycles. The highest BCUT2D eigenvalue weighted by Gasteiger charge is 2.12. The van der Waals surface area contributed by atoms with E-state index in [1.54, 1.807) is 6.20 Å². The first-order valence-electron chi connectivity index (χ1n) is 6.90. The van der Waals surface area contributed by atoms with Crippen LogP contribution >= 0.6 is 15.9 Å². The molecule has 1 unspecified atom stereocenters. The van der Waals surface area contributed by atoms with Crippen LogP contribution in [0.5, 0.6) is 0 Å². The largest absolute Gasteiger partial charge is 0.399 e. The van der Waals surface area contributed by atoms with Gasteiger partial charge in [-0.1, -0.05) is 19.1 Å². The van der Waals surface area contributed by atoms with Gasteiger partial charge in [0.25, 0.3) is 5.56 Å². The zero-order valence-corrected chi connectivity index (χ0v) is 13.7. The van der Waals surface area contributed by atoms with Gasteiger partial charge in [0.05, 0.1) is 11.9 Å². The van der Waals surface area contributed by atoms with E-state index < -0.39 is 0 Å². The van der Waals surface area contributed by atoms with Gasteiger partial charge in [0, 0.05) is 18.3 Å². The zero-order chi connectivity index (χ0) is 15.4. The quantitative estimate of drug-likeness (QED) is 0.812. The summed E-state index contributed by atoms with van der Waals surface area (Å²) < 4.78 is 1.97. The third-order valence-corrected chi connectivity index (χ3v) is 4.00. The Labute approximate surface area is 132 Å². The van der Waals surface area contributed by atoms with E-state index in [0.29, 0.717) is 16.7 Å². The van der Waals surface area contributed by atoms with Crippen molar-refractivity contribution in [3.8, 4) is 0 Å². The van der Waals surface area contributed by atoms with Crippen LogP contribution in [-0.2, 0) is 6.54 Å². The molecule has 0 bridgehead atoms. The number of nitrogens with zero attached hydrogens (tertiary/aromatic N) is 2. The Morgan fingerprint density at radius 1 is 1.38 bits per heavy atom. The monoisotopic (exact) mass is 350 g/mol. The van der Waals surface area contributed by atoms with Crippen molar-refractivity contribution in [3.63, 3.8) is 0 Å². The molecule has 2 aromatic rings. The van der Waals surface area contributed by atoms with Crippen molar-refractivity contribution in [2.45, 2.75) is 32.9 Å². The van der Waals surface area contributed by atoms with Gasteiger partial charge in [0.1, 0.15) is 4.47 Å². The molecule has 6 heteroatoms. The SMILES string of the molecule is CCCn1ncc(NC(C)c2ccc(N)cc2)c(Br)c1=O. The van der Waals surface area contributed by atoms with Crippen molar-refractivity contribution < 1.29 is 0 Å². The first kappa shape index (κ1) is 15.6. The van der Waals surface area contributed by atoms with Crippen molar-refractivity contribution in [3.05, 3.63) is 50.9 Å². The molecule has 21 heavy (non-hydrogen) atoms. The van der Waals surface area contributed by atoms with Crippen LogP contribution in [0.25, 0.3) is 0 Å². The van der Waals surface area contributed by atoms with Gasteiger partial charge >= 0.3 is 0 Å². The number of hydrogen-bond donors (Lipinski definition) is 2. The second kappa shape index (κ2) is 6.76. The van der Waals surface area contributed by atoms with Gasteiger partial charge in [-0.2, -0.15) is 5.10 Å². The lowest BCUT2D eigenvalue weighted by atomic mass is 10.1. The van der Waals surface area contributed by atoms with Gasteiger partial charge in [-0.05, 0) is 47.0 Å². The zero-order valence-electron chi connectivity index (χ0n) is 12.1. The minimum atomic E-state index is -0.119. The Morgan fingerprint density at radius 2 is 2.05 bits per heavy atom. The van der Waals surface area contributed by atoms with E-state index in [-0.39, 0.29) is 11.6 Å². The van der Waals surface area contributed by atoms with E-state index in [4.69, 9.17) is 5.73 Å². The molecular weight excluding hydrogens is 332 g/mol. The Balaban J connectivity index is 2.21. The van der Waals surface area contributed by atoms with Crippen LogP contribution in [-0.4, -0.2) is 9.78 Å². The van der Waals surface area contributed by atoms with Gasteiger partial charge in [-0.15, -0.1) is 0 Å². The second-order valence-electron chi connectivity index (χ2n) is 4.93. The molecule has 0 fully saturated rings. The number of anilines is 2. The Kier molecular flexibility index (Phi) is 5.01. The summed E-state index contributed by atoms with van der Waals surface area (Å²) >= 11 is 3.36. The summed E-state index contributed by atoms with van der Waals surface area (Å²) in [6, 6.07) is 7.70. The molecule has 0 aliphatic rings. The summed E-state index contributed by atoms with van der Waals surface area (Å²) in [6.45, 7) is 4.65. The summed E-state index contributed by atoms with van der Waals surface area (Å²) in [7, 11) is 0. The maximum Gasteiger partial charge on any atom is 0.283 e. The lowest BCUT2D eigenvalue weighted by molar-refractivity contribution is 0.565. The van der Waals surface area contributed by atoms with E-state index in [0.717, 1.165) is 17.7 Å². The predicted octanol–water partition coefficient (Wildman–Crippen LogP) is 3.17. The van der Waals surface area contributed by atoms with Gasteiger partial charge in [-0.25, -0.2) is 4.68 Å².